The van der Waals surface area contributed by atoms with Crippen molar-refractivity contribution >= 4 is 17.6 Å². The summed E-state index contributed by atoms with van der Waals surface area (Å²) >= 11 is 5.23. The Bertz CT molecular complexity index is 513. The number of rotatable bonds is 6. The quantitative estimate of drug-likeness (QED) is 0.435. The van der Waals surface area contributed by atoms with E-state index in [2.05, 4.69) is 0 Å². The first-order valence-corrected chi connectivity index (χ1v) is 6.11. The van der Waals surface area contributed by atoms with Gasteiger partial charge >= 0.3 is 5.97 Å². The number of hydrogen-bond acceptors (Lipinski definition) is 2. The Morgan fingerprint density at radius 2 is 1.90 bits per heavy atom. The molecule has 0 unspecified atom stereocenters. The van der Waals surface area contributed by atoms with Gasteiger partial charge in [0.1, 0.15) is 11.6 Å². The lowest BCUT2D eigenvalue weighted by molar-refractivity contribution is 0.0493. The molecule has 0 saturated carbocycles. The van der Waals surface area contributed by atoms with Crippen LogP contribution in [0.1, 0.15) is 29.6 Å². The molecule has 110 valence electrons. The largest absolute Gasteiger partial charge is 0.462 e. The second-order valence-electron chi connectivity index (χ2n) is 3.88. The normalized spacial score (nSPS) is 10.2. The van der Waals surface area contributed by atoms with Crippen molar-refractivity contribution in [1.29, 1.82) is 0 Å². The van der Waals surface area contributed by atoms with E-state index in [4.69, 9.17) is 16.3 Å². The molecule has 0 amide bonds. The number of carbonyl (C=O) groups excluding carboxylic acids is 1. The molecule has 0 aliphatic rings. The van der Waals surface area contributed by atoms with Gasteiger partial charge < -0.3 is 4.74 Å². The molecule has 0 radical (unpaired) electrons. The SMILES string of the molecule is O=C(OCCCCC(Cl)=C(F)F)c1ccc(F)cc1F. The maximum atomic E-state index is 13.2. The molecular weight excluding hydrogens is 300 g/mol. The van der Waals surface area contributed by atoms with Crippen molar-refractivity contribution in [1.82, 2.24) is 0 Å². The minimum Gasteiger partial charge on any atom is -0.462 e. The molecule has 0 N–H and O–H groups in total. The van der Waals surface area contributed by atoms with E-state index in [1.54, 1.807) is 0 Å². The molecule has 2 nitrogen and oxygen atoms in total. The van der Waals surface area contributed by atoms with Crippen molar-refractivity contribution in [2.45, 2.75) is 19.3 Å². The molecule has 0 atom stereocenters. The zero-order valence-electron chi connectivity index (χ0n) is 10.3. The van der Waals surface area contributed by atoms with E-state index < -0.39 is 28.7 Å². The van der Waals surface area contributed by atoms with Gasteiger partial charge in [0.25, 0.3) is 6.08 Å². The average Bonchev–Trinajstić information content (AvgIpc) is 2.37. The molecule has 7 heteroatoms. The van der Waals surface area contributed by atoms with E-state index in [0.717, 1.165) is 12.1 Å². The topological polar surface area (TPSA) is 26.3 Å². The van der Waals surface area contributed by atoms with Gasteiger partial charge in [-0.3, -0.25) is 0 Å². The van der Waals surface area contributed by atoms with Crippen LogP contribution in [-0.4, -0.2) is 12.6 Å². The van der Waals surface area contributed by atoms with Gasteiger partial charge in [0.15, 0.2) is 0 Å². The summed E-state index contributed by atoms with van der Waals surface area (Å²) in [5, 5.41) is -0.527. The van der Waals surface area contributed by atoms with Gasteiger partial charge in [-0.2, -0.15) is 8.78 Å². The lowest BCUT2D eigenvalue weighted by atomic mass is 10.2. The molecule has 0 fully saturated rings. The molecule has 0 aliphatic heterocycles. The van der Waals surface area contributed by atoms with E-state index in [0.29, 0.717) is 18.9 Å². The summed E-state index contributed by atoms with van der Waals surface area (Å²) in [4.78, 5) is 11.4. The number of allylic oxidation sites excluding steroid dienone is 1. The fraction of sp³-hybridized carbons (Fsp3) is 0.308. The van der Waals surface area contributed by atoms with Crippen molar-refractivity contribution in [3.8, 4) is 0 Å². The van der Waals surface area contributed by atoms with Crippen molar-refractivity contribution in [3.05, 3.63) is 46.5 Å². The van der Waals surface area contributed by atoms with Gasteiger partial charge in [-0.15, -0.1) is 0 Å². The standard InChI is InChI=1S/C13H11ClF4O2/c14-10(12(17)18)3-1-2-6-20-13(19)9-5-4-8(15)7-11(9)16/h4-5,7H,1-3,6H2. The number of ether oxygens (including phenoxy) is 1. The minimum atomic E-state index is -1.93. The van der Waals surface area contributed by atoms with E-state index in [9.17, 15) is 22.4 Å². The van der Waals surface area contributed by atoms with Crippen LogP contribution in [0.25, 0.3) is 0 Å². The van der Waals surface area contributed by atoms with Gasteiger partial charge in [0.05, 0.1) is 17.2 Å². The number of benzene rings is 1. The number of carbonyl (C=O) groups is 1. The van der Waals surface area contributed by atoms with Crippen molar-refractivity contribution in [2.75, 3.05) is 6.61 Å². The first-order chi connectivity index (χ1) is 9.41. The third-order valence-electron chi connectivity index (χ3n) is 2.38. The number of hydrogen-bond donors (Lipinski definition) is 0. The van der Waals surface area contributed by atoms with Gasteiger partial charge in [-0.25, -0.2) is 13.6 Å². The smallest absolute Gasteiger partial charge is 0.341 e. The lowest BCUT2D eigenvalue weighted by Crippen LogP contribution is -2.09. The first kappa shape index (κ1) is 16.5. The van der Waals surface area contributed by atoms with E-state index in [-0.39, 0.29) is 18.6 Å². The highest BCUT2D eigenvalue weighted by Crippen LogP contribution is 2.18. The average molecular weight is 311 g/mol. The number of unbranched alkanes of at least 4 members (excludes halogenated alkanes) is 1. The van der Waals surface area contributed by atoms with Crippen LogP contribution < -0.4 is 0 Å². The van der Waals surface area contributed by atoms with Crippen LogP contribution in [-0.2, 0) is 4.74 Å². The second-order valence-corrected chi connectivity index (χ2v) is 4.34. The Labute approximate surface area is 118 Å². The Hall–Kier alpha value is -1.56. The number of esters is 1. The van der Waals surface area contributed by atoms with Crippen LogP contribution in [0.15, 0.2) is 29.3 Å². The van der Waals surface area contributed by atoms with Crippen LogP contribution >= 0.6 is 11.6 Å². The maximum Gasteiger partial charge on any atom is 0.341 e. The monoisotopic (exact) mass is 310 g/mol. The summed E-state index contributed by atoms with van der Waals surface area (Å²) in [6, 6.07) is 2.49. The minimum absolute atomic E-state index is 0.0215. The molecular formula is C13H11ClF4O2. The lowest BCUT2D eigenvalue weighted by Gasteiger charge is -2.05. The van der Waals surface area contributed by atoms with Crippen LogP contribution in [0, 0.1) is 11.6 Å². The van der Waals surface area contributed by atoms with E-state index >= 15 is 0 Å². The van der Waals surface area contributed by atoms with Crippen molar-refractivity contribution < 1.29 is 27.1 Å². The Morgan fingerprint density at radius 3 is 2.50 bits per heavy atom. The van der Waals surface area contributed by atoms with Crippen LogP contribution in [0.5, 0.6) is 0 Å². The van der Waals surface area contributed by atoms with E-state index in [1.807, 2.05) is 0 Å². The fourth-order valence-electron chi connectivity index (χ4n) is 1.37. The summed E-state index contributed by atoms with van der Waals surface area (Å²) < 4.78 is 54.5. The van der Waals surface area contributed by atoms with E-state index in [1.165, 1.54) is 0 Å². The molecule has 0 aromatic heterocycles. The maximum absolute atomic E-state index is 13.2. The molecule has 1 aromatic rings. The molecule has 1 rings (SSSR count). The zero-order valence-corrected chi connectivity index (χ0v) is 11.0. The molecule has 20 heavy (non-hydrogen) atoms. The van der Waals surface area contributed by atoms with Crippen LogP contribution in [0.2, 0.25) is 0 Å². The van der Waals surface area contributed by atoms with Gasteiger partial charge in [0, 0.05) is 6.07 Å². The van der Waals surface area contributed by atoms with Gasteiger partial charge in [-0.05, 0) is 31.4 Å². The predicted octanol–water partition coefficient (Wildman–Crippen LogP) is 4.64. The zero-order chi connectivity index (χ0) is 15.1. The molecule has 0 aliphatic carbocycles. The summed E-state index contributed by atoms with van der Waals surface area (Å²) in [7, 11) is 0. The Balaban J connectivity index is 2.35. The van der Waals surface area contributed by atoms with Gasteiger partial charge in [-0.1, -0.05) is 11.6 Å². The second kappa shape index (κ2) is 7.89. The van der Waals surface area contributed by atoms with Gasteiger partial charge in [0.2, 0.25) is 0 Å². The highest BCUT2D eigenvalue weighted by atomic mass is 35.5. The third kappa shape index (κ3) is 5.21. The summed E-state index contributed by atoms with van der Waals surface area (Å²) in [6.07, 6.45) is -1.35. The molecule has 0 saturated heterocycles. The summed E-state index contributed by atoms with van der Waals surface area (Å²) in [5.74, 6) is -2.74. The summed E-state index contributed by atoms with van der Waals surface area (Å²) in [6.45, 7) is -0.0618. The predicted molar refractivity (Wildman–Crippen MR) is 65.6 cm³/mol. The molecule has 0 heterocycles. The molecule has 1 aromatic carbocycles. The molecule has 0 bridgehead atoms. The number of halogens is 5. The Morgan fingerprint density at radius 1 is 1.20 bits per heavy atom. The third-order valence-corrected chi connectivity index (χ3v) is 2.71. The molecule has 0 spiro atoms. The Kier molecular flexibility index (Phi) is 6.51. The highest BCUT2D eigenvalue weighted by Gasteiger charge is 2.13. The first-order valence-electron chi connectivity index (χ1n) is 5.73. The van der Waals surface area contributed by atoms with Crippen LogP contribution in [0.3, 0.4) is 0 Å². The van der Waals surface area contributed by atoms with Crippen molar-refractivity contribution in [2.24, 2.45) is 0 Å². The van der Waals surface area contributed by atoms with Crippen LogP contribution in [0.4, 0.5) is 17.6 Å². The van der Waals surface area contributed by atoms with Crippen molar-refractivity contribution in [3.63, 3.8) is 0 Å². The summed E-state index contributed by atoms with van der Waals surface area (Å²) in [5.41, 5.74) is -0.376. The fourth-order valence-corrected chi connectivity index (χ4v) is 1.51. The highest BCUT2D eigenvalue weighted by molar-refractivity contribution is 6.29.